The van der Waals surface area contributed by atoms with E-state index >= 15 is 0 Å². The Kier molecular flexibility index (Phi) is 11.5. The van der Waals surface area contributed by atoms with Gasteiger partial charge in [0.25, 0.3) is 5.91 Å². The number of benzene rings is 2. The molecule has 2 atom stereocenters. The largest absolute Gasteiger partial charge is 0.497 e. The standard InChI is InChI=1S/C29H41N3O5S/c1-9-32(27(34)24(14-15-38-8)31-28(35)37-29(4,5)6)25(21-17-19(2)16-20(3)18-21)26(33)30-22-10-12-23(36-7)13-11-22/h10-13,16-18,24-25H,9,14-15H2,1-8H3,(H,30,33)(H,31,35). The molecule has 3 amide bonds. The number of carbonyl (C=O) groups is 3. The highest BCUT2D eigenvalue weighted by molar-refractivity contribution is 7.98. The smallest absolute Gasteiger partial charge is 0.408 e. The van der Waals surface area contributed by atoms with Gasteiger partial charge in [-0.1, -0.05) is 29.3 Å². The lowest BCUT2D eigenvalue weighted by Crippen LogP contribution is -2.52. The van der Waals surface area contributed by atoms with E-state index in [0.29, 0.717) is 29.2 Å². The molecular weight excluding hydrogens is 502 g/mol. The first-order chi connectivity index (χ1) is 17.9. The highest BCUT2D eigenvalue weighted by Gasteiger charge is 2.35. The van der Waals surface area contributed by atoms with Gasteiger partial charge in [-0.05, 0) is 89.8 Å². The van der Waals surface area contributed by atoms with Crippen LogP contribution in [0.15, 0.2) is 42.5 Å². The summed E-state index contributed by atoms with van der Waals surface area (Å²) in [5.41, 5.74) is 2.54. The fourth-order valence-electron chi connectivity index (χ4n) is 4.13. The Balaban J connectivity index is 2.46. The molecular formula is C29H41N3O5S. The van der Waals surface area contributed by atoms with E-state index in [1.165, 1.54) is 4.90 Å². The van der Waals surface area contributed by atoms with Crippen molar-refractivity contribution in [1.29, 1.82) is 0 Å². The summed E-state index contributed by atoms with van der Waals surface area (Å²) < 4.78 is 10.6. The predicted molar refractivity (Wildman–Crippen MR) is 154 cm³/mol. The van der Waals surface area contributed by atoms with Crippen molar-refractivity contribution in [3.05, 3.63) is 59.2 Å². The molecule has 0 aliphatic carbocycles. The van der Waals surface area contributed by atoms with Crippen LogP contribution in [0.5, 0.6) is 5.75 Å². The average Bonchev–Trinajstić information content (AvgIpc) is 2.83. The first-order valence-corrected chi connectivity index (χ1v) is 14.1. The maximum atomic E-state index is 14.0. The van der Waals surface area contributed by atoms with Gasteiger partial charge in [0, 0.05) is 12.2 Å². The second kappa shape index (κ2) is 14.1. The number of methoxy groups -OCH3 is 1. The minimum atomic E-state index is -0.912. The van der Waals surface area contributed by atoms with Gasteiger partial charge in [-0.25, -0.2) is 4.79 Å². The highest BCUT2D eigenvalue weighted by atomic mass is 32.2. The summed E-state index contributed by atoms with van der Waals surface area (Å²) in [5.74, 6) is 0.623. The number of aryl methyl sites for hydroxylation is 2. The van der Waals surface area contributed by atoms with Crippen LogP contribution in [0.3, 0.4) is 0 Å². The number of likely N-dealkylation sites (N-methyl/N-ethyl adjacent to an activating group) is 1. The van der Waals surface area contributed by atoms with Crippen LogP contribution in [0.1, 0.15) is 56.8 Å². The van der Waals surface area contributed by atoms with E-state index in [-0.39, 0.29) is 18.4 Å². The van der Waals surface area contributed by atoms with Crippen LogP contribution in [0.25, 0.3) is 0 Å². The number of hydrogen-bond acceptors (Lipinski definition) is 6. The first-order valence-electron chi connectivity index (χ1n) is 12.7. The maximum Gasteiger partial charge on any atom is 0.408 e. The summed E-state index contributed by atoms with van der Waals surface area (Å²) in [5, 5.41) is 5.69. The zero-order valence-corrected chi connectivity index (χ0v) is 24.5. The molecule has 0 aliphatic heterocycles. The number of hydrogen-bond donors (Lipinski definition) is 2. The van der Waals surface area contributed by atoms with Crippen LogP contribution in [-0.2, 0) is 14.3 Å². The Morgan fingerprint density at radius 2 is 1.63 bits per heavy atom. The number of anilines is 1. The molecule has 9 heteroatoms. The third kappa shape index (κ3) is 9.28. The molecule has 0 fully saturated rings. The molecule has 0 radical (unpaired) electrons. The fraction of sp³-hybridized carbons (Fsp3) is 0.483. The molecule has 0 aromatic heterocycles. The molecule has 8 nitrogen and oxygen atoms in total. The molecule has 0 aliphatic rings. The number of nitrogens with zero attached hydrogens (tertiary/aromatic N) is 1. The number of nitrogens with one attached hydrogen (secondary N) is 2. The van der Waals surface area contributed by atoms with Gasteiger partial charge in [-0.3, -0.25) is 9.59 Å². The lowest BCUT2D eigenvalue weighted by Gasteiger charge is -2.34. The quantitative estimate of drug-likeness (QED) is 0.389. The van der Waals surface area contributed by atoms with Gasteiger partial charge in [0.1, 0.15) is 23.4 Å². The Morgan fingerprint density at radius 3 is 2.13 bits per heavy atom. The second-order valence-corrected chi connectivity index (χ2v) is 11.1. The fourth-order valence-corrected chi connectivity index (χ4v) is 4.61. The molecule has 0 saturated heterocycles. The number of carbonyl (C=O) groups excluding carboxylic acids is 3. The molecule has 0 heterocycles. The molecule has 208 valence electrons. The van der Waals surface area contributed by atoms with Gasteiger partial charge in [0.15, 0.2) is 0 Å². The summed E-state index contributed by atoms with van der Waals surface area (Å²) in [6.45, 7) is 11.3. The molecule has 2 rings (SSSR count). The molecule has 0 bridgehead atoms. The number of amides is 3. The zero-order valence-electron chi connectivity index (χ0n) is 23.7. The SMILES string of the molecule is CCN(C(=O)C(CCSC)NC(=O)OC(C)(C)C)C(C(=O)Nc1ccc(OC)cc1)c1cc(C)cc(C)c1. The minimum absolute atomic E-state index is 0.262. The van der Waals surface area contributed by atoms with Crippen molar-refractivity contribution in [3.63, 3.8) is 0 Å². The van der Waals surface area contributed by atoms with Crippen molar-refractivity contribution in [1.82, 2.24) is 10.2 Å². The lowest BCUT2D eigenvalue weighted by atomic mass is 9.98. The van der Waals surface area contributed by atoms with Gasteiger partial charge in [0.2, 0.25) is 5.91 Å². The van der Waals surface area contributed by atoms with Crippen LogP contribution in [0.2, 0.25) is 0 Å². The molecule has 2 N–H and O–H groups in total. The molecule has 2 unspecified atom stereocenters. The third-order valence-electron chi connectivity index (χ3n) is 5.70. The van der Waals surface area contributed by atoms with Gasteiger partial charge in [0.05, 0.1) is 7.11 Å². The molecule has 2 aromatic carbocycles. The van der Waals surface area contributed by atoms with E-state index in [1.54, 1.807) is 63.9 Å². The van der Waals surface area contributed by atoms with Crippen LogP contribution < -0.4 is 15.4 Å². The molecule has 0 spiro atoms. The zero-order chi connectivity index (χ0) is 28.5. The van der Waals surface area contributed by atoms with Crippen molar-refractivity contribution in [2.75, 3.05) is 31.0 Å². The van der Waals surface area contributed by atoms with E-state index in [2.05, 4.69) is 10.6 Å². The van der Waals surface area contributed by atoms with Crippen LogP contribution >= 0.6 is 11.8 Å². The van der Waals surface area contributed by atoms with Crippen LogP contribution in [-0.4, -0.2) is 60.1 Å². The van der Waals surface area contributed by atoms with Crippen molar-refractivity contribution in [3.8, 4) is 5.75 Å². The number of thioether (sulfide) groups is 1. The highest BCUT2D eigenvalue weighted by Crippen LogP contribution is 2.27. The Labute approximate surface area is 230 Å². The van der Waals surface area contributed by atoms with E-state index in [1.807, 2.05) is 45.2 Å². The van der Waals surface area contributed by atoms with Crippen molar-refractivity contribution < 1.29 is 23.9 Å². The third-order valence-corrected chi connectivity index (χ3v) is 6.34. The Hall–Kier alpha value is -3.20. The van der Waals surface area contributed by atoms with Gasteiger partial charge in [-0.15, -0.1) is 0 Å². The topological polar surface area (TPSA) is 97.0 Å². The summed E-state index contributed by atoms with van der Waals surface area (Å²) in [4.78, 5) is 41.9. The summed E-state index contributed by atoms with van der Waals surface area (Å²) >= 11 is 1.57. The Bertz CT molecular complexity index is 1080. The van der Waals surface area contributed by atoms with Gasteiger partial charge in [-0.2, -0.15) is 11.8 Å². The first kappa shape index (κ1) is 31.0. The van der Waals surface area contributed by atoms with Crippen LogP contribution in [0.4, 0.5) is 10.5 Å². The summed E-state index contributed by atoms with van der Waals surface area (Å²) in [7, 11) is 1.58. The van der Waals surface area contributed by atoms with Gasteiger partial charge >= 0.3 is 6.09 Å². The summed E-state index contributed by atoms with van der Waals surface area (Å²) in [6.07, 6.45) is 1.67. The van der Waals surface area contributed by atoms with E-state index in [0.717, 1.165) is 11.1 Å². The van der Waals surface area contributed by atoms with E-state index < -0.39 is 23.8 Å². The number of ether oxygens (including phenoxy) is 2. The second-order valence-electron chi connectivity index (χ2n) is 10.1. The van der Waals surface area contributed by atoms with Gasteiger partial charge < -0.3 is 25.0 Å². The molecule has 0 saturated carbocycles. The molecule has 38 heavy (non-hydrogen) atoms. The monoisotopic (exact) mass is 543 g/mol. The van der Waals surface area contributed by atoms with E-state index in [4.69, 9.17) is 9.47 Å². The summed E-state index contributed by atoms with van der Waals surface area (Å²) in [6, 6.07) is 11.1. The lowest BCUT2D eigenvalue weighted by molar-refractivity contribution is -0.140. The number of rotatable bonds is 11. The van der Waals surface area contributed by atoms with Crippen LogP contribution in [0, 0.1) is 13.8 Å². The van der Waals surface area contributed by atoms with Crippen molar-refractivity contribution >= 4 is 35.4 Å². The van der Waals surface area contributed by atoms with Crippen molar-refractivity contribution in [2.24, 2.45) is 0 Å². The predicted octanol–water partition coefficient (Wildman–Crippen LogP) is 5.49. The maximum absolute atomic E-state index is 14.0. The Morgan fingerprint density at radius 1 is 1.03 bits per heavy atom. The number of alkyl carbamates (subject to hydrolysis) is 1. The minimum Gasteiger partial charge on any atom is -0.497 e. The average molecular weight is 544 g/mol. The van der Waals surface area contributed by atoms with E-state index in [9.17, 15) is 14.4 Å². The molecule has 2 aromatic rings. The normalized spacial score (nSPS) is 12.7. The van der Waals surface area contributed by atoms with Crippen molar-refractivity contribution in [2.45, 2.75) is 65.6 Å².